The summed E-state index contributed by atoms with van der Waals surface area (Å²) in [5.74, 6) is 0.319. The Balaban J connectivity index is 1.42. The fraction of sp³-hybridized carbons (Fsp3) is 0.455. The first kappa shape index (κ1) is 20.0. The maximum absolute atomic E-state index is 12.5. The van der Waals surface area contributed by atoms with Crippen LogP contribution in [0.15, 0.2) is 47.1 Å². The van der Waals surface area contributed by atoms with Crippen molar-refractivity contribution in [3.8, 4) is 0 Å². The molecule has 2 aromatic rings. The fourth-order valence-corrected chi connectivity index (χ4v) is 3.65. The minimum atomic E-state index is -0.0967. The number of aryl methyl sites for hydroxylation is 1. The first-order chi connectivity index (χ1) is 13.6. The molecule has 0 atom stereocenters. The minimum absolute atomic E-state index is 0.0327. The van der Waals surface area contributed by atoms with E-state index < -0.39 is 0 Å². The summed E-state index contributed by atoms with van der Waals surface area (Å²) in [5, 5.41) is 3.07. The largest absolute Gasteiger partial charge is 0.459 e. The smallest absolute Gasteiger partial charge is 0.289 e. The van der Waals surface area contributed by atoms with E-state index in [2.05, 4.69) is 48.3 Å². The average Bonchev–Trinajstić information content (AvgIpc) is 3.25. The number of likely N-dealkylation sites (N-methyl/N-ethyl adjacent to an activating group) is 1. The molecule has 150 valence electrons. The van der Waals surface area contributed by atoms with Crippen molar-refractivity contribution in [2.45, 2.75) is 26.7 Å². The van der Waals surface area contributed by atoms with Gasteiger partial charge in [0.2, 0.25) is 5.91 Å². The molecule has 0 aliphatic carbocycles. The number of piperidine rings is 1. The Labute approximate surface area is 166 Å². The quantitative estimate of drug-likeness (QED) is 0.798. The molecule has 1 fully saturated rings. The highest BCUT2D eigenvalue weighted by molar-refractivity contribution is 5.91. The van der Waals surface area contributed by atoms with Gasteiger partial charge in [-0.15, -0.1) is 0 Å². The van der Waals surface area contributed by atoms with E-state index in [0.717, 1.165) is 13.1 Å². The van der Waals surface area contributed by atoms with Gasteiger partial charge in [0.05, 0.1) is 6.26 Å². The van der Waals surface area contributed by atoms with Crippen LogP contribution in [0.25, 0.3) is 0 Å². The molecule has 1 aromatic carbocycles. The van der Waals surface area contributed by atoms with Crippen molar-refractivity contribution in [1.82, 2.24) is 10.2 Å². The Morgan fingerprint density at radius 1 is 1.21 bits per heavy atom. The van der Waals surface area contributed by atoms with Gasteiger partial charge in [-0.1, -0.05) is 12.1 Å². The van der Waals surface area contributed by atoms with Crippen molar-refractivity contribution in [1.29, 1.82) is 0 Å². The highest BCUT2D eigenvalue weighted by atomic mass is 16.3. The number of nitrogens with one attached hydrogen (secondary N) is 1. The summed E-state index contributed by atoms with van der Waals surface area (Å²) in [6, 6.07) is 11.8. The van der Waals surface area contributed by atoms with E-state index in [1.807, 2.05) is 0 Å². The van der Waals surface area contributed by atoms with Crippen LogP contribution in [0.5, 0.6) is 0 Å². The van der Waals surface area contributed by atoms with E-state index in [9.17, 15) is 9.59 Å². The molecule has 2 heterocycles. The van der Waals surface area contributed by atoms with Crippen molar-refractivity contribution in [3.63, 3.8) is 0 Å². The van der Waals surface area contributed by atoms with Gasteiger partial charge in [0.25, 0.3) is 5.91 Å². The first-order valence-corrected chi connectivity index (χ1v) is 10.0. The number of likely N-dealkylation sites (tertiary alicyclic amines) is 1. The predicted molar refractivity (Wildman–Crippen MR) is 109 cm³/mol. The molecule has 0 radical (unpaired) electrons. The SMILES string of the molecule is CCN(CCNC(=O)C1CCN(C(=O)c2ccco2)CC1)c1cccc(C)c1. The van der Waals surface area contributed by atoms with Gasteiger partial charge in [-0.25, -0.2) is 0 Å². The first-order valence-electron chi connectivity index (χ1n) is 10.0. The molecule has 1 aliphatic heterocycles. The van der Waals surface area contributed by atoms with Gasteiger partial charge < -0.3 is 19.5 Å². The maximum atomic E-state index is 12.5. The Bertz CT molecular complexity index is 780. The van der Waals surface area contributed by atoms with Crippen LogP contribution in [-0.4, -0.2) is 49.4 Å². The Kier molecular flexibility index (Phi) is 6.74. The topological polar surface area (TPSA) is 65.8 Å². The van der Waals surface area contributed by atoms with Crippen LogP contribution >= 0.6 is 0 Å². The number of carbonyl (C=O) groups is 2. The van der Waals surface area contributed by atoms with Crippen LogP contribution in [0.4, 0.5) is 5.69 Å². The van der Waals surface area contributed by atoms with E-state index >= 15 is 0 Å². The number of anilines is 1. The molecule has 2 amide bonds. The summed E-state index contributed by atoms with van der Waals surface area (Å²) in [7, 11) is 0. The lowest BCUT2D eigenvalue weighted by Crippen LogP contribution is -2.44. The number of amides is 2. The molecule has 0 spiro atoms. The van der Waals surface area contributed by atoms with Gasteiger partial charge in [0.15, 0.2) is 5.76 Å². The molecule has 1 saturated heterocycles. The fourth-order valence-electron chi connectivity index (χ4n) is 3.65. The highest BCUT2D eigenvalue weighted by Gasteiger charge is 2.28. The Hall–Kier alpha value is -2.76. The number of furan rings is 1. The molecule has 3 rings (SSSR count). The summed E-state index contributed by atoms with van der Waals surface area (Å²) in [6.45, 7) is 7.67. The molecular formula is C22H29N3O3. The van der Waals surface area contributed by atoms with Crippen LogP contribution < -0.4 is 10.2 Å². The minimum Gasteiger partial charge on any atom is -0.459 e. The number of hydrogen-bond acceptors (Lipinski definition) is 4. The molecule has 0 bridgehead atoms. The van der Waals surface area contributed by atoms with Crippen LogP contribution in [0.1, 0.15) is 35.9 Å². The average molecular weight is 383 g/mol. The van der Waals surface area contributed by atoms with Crippen molar-refractivity contribution >= 4 is 17.5 Å². The number of nitrogens with zero attached hydrogens (tertiary/aromatic N) is 2. The van der Waals surface area contributed by atoms with Crippen molar-refractivity contribution in [3.05, 3.63) is 54.0 Å². The third-order valence-electron chi connectivity index (χ3n) is 5.31. The standard InChI is InChI=1S/C22H29N3O3/c1-3-24(19-7-4-6-17(2)16-19)14-11-23-21(26)18-9-12-25(13-10-18)22(27)20-8-5-15-28-20/h4-8,15-16,18H,3,9-14H2,1-2H3,(H,23,26). The normalized spacial score (nSPS) is 14.7. The molecule has 28 heavy (non-hydrogen) atoms. The second-order valence-corrected chi connectivity index (χ2v) is 7.25. The van der Waals surface area contributed by atoms with E-state index in [-0.39, 0.29) is 17.7 Å². The lowest BCUT2D eigenvalue weighted by atomic mass is 9.95. The zero-order valence-electron chi connectivity index (χ0n) is 16.7. The predicted octanol–water partition coefficient (Wildman–Crippen LogP) is 3.08. The third kappa shape index (κ3) is 4.94. The van der Waals surface area contributed by atoms with E-state index in [1.165, 1.54) is 17.5 Å². The second kappa shape index (κ2) is 9.44. The molecular weight excluding hydrogens is 354 g/mol. The summed E-state index contributed by atoms with van der Waals surface area (Å²) >= 11 is 0. The number of hydrogen-bond donors (Lipinski definition) is 1. The number of carbonyl (C=O) groups excluding carboxylic acids is 2. The van der Waals surface area contributed by atoms with Crippen molar-refractivity contribution in [2.75, 3.05) is 37.6 Å². The molecule has 0 saturated carbocycles. The lowest BCUT2D eigenvalue weighted by Gasteiger charge is -2.31. The van der Waals surface area contributed by atoms with Crippen molar-refractivity contribution < 1.29 is 14.0 Å². The van der Waals surface area contributed by atoms with Crippen LogP contribution in [0, 0.1) is 12.8 Å². The monoisotopic (exact) mass is 383 g/mol. The van der Waals surface area contributed by atoms with Crippen LogP contribution in [0.3, 0.4) is 0 Å². The van der Waals surface area contributed by atoms with Gasteiger partial charge in [-0.3, -0.25) is 9.59 Å². The summed E-state index contributed by atoms with van der Waals surface area (Å²) < 4.78 is 5.18. The zero-order chi connectivity index (χ0) is 19.9. The summed E-state index contributed by atoms with van der Waals surface area (Å²) in [4.78, 5) is 28.8. The maximum Gasteiger partial charge on any atom is 0.289 e. The lowest BCUT2D eigenvalue weighted by molar-refractivity contribution is -0.126. The summed E-state index contributed by atoms with van der Waals surface area (Å²) in [5.41, 5.74) is 2.41. The number of benzene rings is 1. The third-order valence-corrected chi connectivity index (χ3v) is 5.31. The van der Waals surface area contributed by atoms with Gasteiger partial charge >= 0.3 is 0 Å². The second-order valence-electron chi connectivity index (χ2n) is 7.25. The van der Waals surface area contributed by atoms with Crippen LogP contribution in [0.2, 0.25) is 0 Å². The van der Waals surface area contributed by atoms with Crippen molar-refractivity contribution in [2.24, 2.45) is 5.92 Å². The van der Waals surface area contributed by atoms with E-state index in [4.69, 9.17) is 4.42 Å². The zero-order valence-corrected chi connectivity index (χ0v) is 16.7. The van der Waals surface area contributed by atoms with Gasteiger partial charge in [0, 0.05) is 44.3 Å². The molecule has 1 aliphatic rings. The van der Waals surface area contributed by atoms with E-state index in [1.54, 1.807) is 17.0 Å². The molecule has 1 N–H and O–H groups in total. The molecule has 0 unspecified atom stereocenters. The van der Waals surface area contributed by atoms with Gasteiger partial charge in [-0.2, -0.15) is 0 Å². The van der Waals surface area contributed by atoms with Gasteiger partial charge in [-0.05, 0) is 56.5 Å². The molecule has 6 heteroatoms. The molecule has 1 aromatic heterocycles. The summed E-state index contributed by atoms with van der Waals surface area (Å²) in [6.07, 6.45) is 2.88. The number of rotatable bonds is 7. The Morgan fingerprint density at radius 2 is 2.00 bits per heavy atom. The van der Waals surface area contributed by atoms with Gasteiger partial charge in [0.1, 0.15) is 0 Å². The van der Waals surface area contributed by atoms with E-state index in [0.29, 0.717) is 38.2 Å². The molecule has 6 nitrogen and oxygen atoms in total. The Morgan fingerprint density at radius 3 is 2.64 bits per heavy atom. The van der Waals surface area contributed by atoms with Crippen LogP contribution in [-0.2, 0) is 4.79 Å². The highest BCUT2D eigenvalue weighted by Crippen LogP contribution is 2.20.